The molecule has 1 aromatic heterocycles. The molecule has 0 aliphatic rings. The maximum Gasteiger partial charge on any atom is 0.264 e. The standard InChI is InChI=1S/C8H12ClN3O3S/c1-3-10-8(13)6(2)12-5-7(4-11-12)16(9,14)15/h4-6H,3H2,1-2H3,(H,10,13). The number of carbonyl (C=O) groups is 1. The van der Waals surface area contributed by atoms with Gasteiger partial charge in [0.05, 0.1) is 6.20 Å². The van der Waals surface area contributed by atoms with E-state index < -0.39 is 15.1 Å². The van der Waals surface area contributed by atoms with E-state index in [-0.39, 0.29) is 10.8 Å². The number of nitrogens with one attached hydrogen (secondary N) is 1. The zero-order valence-electron chi connectivity index (χ0n) is 8.84. The van der Waals surface area contributed by atoms with Crippen LogP contribution in [0.4, 0.5) is 0 Å². The molecular formula is C8H12ClN3O3S. The third kappa shape index (κ3) is 2.96. The maximum absolute atomic E-state index is 11.4. The van der Waals surface area contributed by atoms with Crippen LogP contribution in [0.1, 0.15) is 19.9 Å². The Balaban J connectivity index is 2.90. The normalized spacial score (nSPS) is 13.4. The van der Waals surface area contributed by atoms with Gasteiger partial charge in [-0.1, -0.05) is 0 Å². The van der Waals surface area contributed by atoms with Gasteiger partial charge in [-0.2, -0.15) is 5.10 Å². The van der Waals surface area contributed by atoms with Crippen LogP contribution in [0.25, 0.3) is 0 Å². The number of amides is 1. The molecule has 1 amide bonds. The van der Waals surface area contributed by atoms with Gasteiger partial charge in [-0.15, -0.1) is 0 Å². The first-order valence-corrected chi connectivity index (χ1v) is 6.93. The monoisotopic (exact) mass is 265 g/mol. The summed E-state index contributed by atoms with van der Waals surface area (Å²) < 4.78 is 23.2. The van der Waals surface area contributed by atoms with Gasteiger partial charge in [-0.3, -0.25) is 9.48 Å². The van der Waals surface area contributed by atoms with E-state index in [1.165, 1.54) is 10.9 Å². The maximum atomic E-state index is 11.4. The lowest BCUT2D eigenvalue weighted by Gasteiger charge is -2.10. The zero-order chi connectivity index (χ0) is 12.3. The smallest absolute Gasteiger partial charge is 0.264 e. The number of halogens is 1. The average Bonchev–Trinajstić information content (AvgIpc) is 2.65. The van der Waals surface area contributed by atoms with Crippen molar-refractivity contribution in [3.63, 3.8) is 0 Å². The molecule has 1 rings (SSSR count). The lowest BCUT2D eigenvalue weighted by molar-refractivity contribution is -0.124. The van der Waals surface area contributed by atoms with E-state index in [1.54, 1.807) is 13.8 Å². The first-order chi connectivity index (χ1) is 7.36. The van der Waals surface area contributed by atoms with Crippen LogP contribution >= 0.6 is 10.7 Å². The van der Waals surface area contributed by atoms with Gasteiger partial charge in [0.2, 0.25) is 5.91 Å². The molecule has 0 aliphatic heterocycles. The third-order valence-corrected chi connectivity index (χ3v) is 3.30. The van der Waals surface area contributed by atoms with Crippen molar-refractivity contribution in [1.29, 1.82) is 0 Å². The second-order valence-corrected chi connectivity index (χ2v) is 5.73. The Bertz CT molecular complexity index is 482. The number of hydrogen-bond acceptors (Lipinski definition) is 4. The molecule has 8 heteroatoms. The van der Waals surface area contributed by atoms with Crippen LogP contribution in [0.15, 0.2) is 17.3 Å². The second-order valence-electron chi connectivity index (χ2n) is 3.16. The van der Waals surface area contributed by atoms with Crippen molar-refractivity contribution in [2.24, 2.45) is 0 Å². The van der Waals surface area contributed by atoms with Crippen LogP contribution in [0.5, 0.6) is 0 Å². The van der Waals surface area contributed by atoms with Crippen molar-refractivity contribution in [3.8, 4) is 0 Å². The highest BCUT2D eigenvalue weighted by Crippen LogP contribution is 2.15. The van der Waals surface area contributed by atoms with Crippen LogP contribution < -0.4 is 5.32 Å². The molecule has 1 heterocycles. The van der Waals surface area contributed by atoms with Gasteiger partial charge in [0.1, 0.15) is 10.9 Å². The summed E-state index contributed by atoms with van der Waals surface area (Å²) in [4.78, 5) is 11.3. The van der Waals surface area contributed by atoms with Crippen LogP contribution in [-0.4, -0.2) is 30.7 Å². The van der Waals surface area contributed by atoms with Crippen molar-refractivity contribution < 1.29 is 13.2 Å². The van der Waals surface area contributed by atoms with E-state index in [0.717, 1.165) is 6.20 Å². The van der Waals surface area contributed by atoms with Gasteiger partial charge >= 0.3 is 0 Å². The number of likely N-dealkylation sites (N-methyl/N-ethyl adjacent to an activating group) is 1. The molecule has 0 saturated heterocycles. The Labute approximate surface area is 98.0 Å². The quantitative estimate of drug-likeness (QED) is 0.804. The molecule has 0 radical (unpaired) electrons. The summed E-state index contributed by atoms with van der Waals surface area (Å²) in [7, 11) is 1.34. The number of hydrogen-bond donors (Lipinski definition) is 1. The van der Waals surface area contributed by atoms with E-state index in [4.69, 9.17) is 10.7 Å². The SMILES string of the molecule is CCNC(=O)C(C)n1cc(S(=O)(=O)Cl)cn1. The molecule has 1 aromatic rings. The highest BCUT2D eigenvalue weighted by atomic mass is 35.7. The van der Waals surface area contributed by atoms with Crippen molar-refractivity contribution in [2.75, 3.05) is 6.54 Å². The first-order valence-electron chi connectivity index (χ1n) is 4.62. The van der Waals surface area contributed by atoms with Gasteiger partial charge < -0.3 is 5.32 Å². The molecule has 6 nitrogen and oxygen atoms in total. The third-order valence-electron chi connectivity index (χ3n) is 1.99. The molecule has 1 atom stereocenters. The Morgan fingerprint density at radius 1 is 1.69 bits per heavy atom. The number of carbonyl (C=O) groups excluding carboxylic acids is 1. The van der Waals surface area contributed by atoms with Gasteiger partial charge in [0.25, 0.3) is 9.05 Å². The second kappa shape index (κ2) is 4.84. The summed E-state index contributed by atoms with van der Waals surface area (Å²) in [6, 6.07) is -0.577. The molecule has 0 aliphatic carbocycles. The molecule has 1 N–H and O–H groups in total. The Kier molecular flexibility index (Phi) is 3.93. The summed E-state index contributed by atoms with van der Waals surface area (Å²) in [6.45, 7) is 3.91. The van der Waals surface area contributed by atoms with Gasteiger partial charge in [0, 0.05) is 23.4 Å². The Morgan fingerprint density at radius 2 is 2.31 bits per heavy atom. The zero-order valence-corrected chi connectivity index (χ0v) is 10.4. The van der Waals surface area contributed by atoms with E-state index >= 15 is 0 Å². The van der Waals surface area contributed by atoms with E-state index in [0.29, 0.717) is 6.54 Å². The largest absolute Gasteiger partial charge is 0.355 e. The van der Waals surface area contributed by atoms with Gasteiger partial charge in [-0.05, 0) is 13.8 Å². The lowest BCUT2D eigenvalue weighted by atomic mass is 10.3. The number of rotatable bonds is 4. The molecule has 0 spiro atoms. The number of nitrogens with zero attached hydrogens (tertiary/aromatic N) is 2. The lowest BCUT2D eigenvalue weighted by Crippen LogP contribution is -2.30. The average molecular weight is 266 g/mol. The highest BCUT2D eigenvalue weighted by Gasteiger charge is 2.18. The minimum absolute atomic E-state index is 0.120. The topological polar surface area (TPSA) is 81.1 Å². The van der Waals surface area contributed by atoms with Crippen LogP contribution in [-0.2, 0) is 13.8 Å². The molecule has 0 bridgehead atoms. The van der Waals surface area contributed by atoms with Crippen molar-refractivity contribution >= 4 is 25.6 Å². The molecule has 90 valence electrons. The molecule has 16 heavy (non-hydrogen) atoms. The predicted octanol–water partition coefficient (Wildman–Crippen LogP) is 0.508. The van der Waals surface area contributed by atoms with Crippen LogP contribution in [0.2, 0.25) is 0 Å². The minimum Gasteiger partial charge on any atom is -0.355 e. The summed E-state index contributed by atoms with van der Waals surface area (Å²) in [6.07, 6.45) is 2.33. The number of aromatic nitrogens is 2. The van der Waals surface area contributed by atoms with Crippen molar-refractivity contribution in [3.05, 3.63) is 12.4 Å². The molecule has 1 unspecified atom stereocenters. The Morgan fingerprint density at radius 3 is 2.75 bits per heavy atom. The van der Waals surface area contributed by atoms with Crippen molar-refractivity contribution in [1.82, 2.24) is 15.1 Å². The van der Waals surface area contributed by atoms with Gasteiger partial charge in [0.15, 0.2) is 0 Å². The fourth-order valence-corrected chi connectivity index (χ4v) is 1.75. The predicted molar refractivity (Wildman–Crippen MR) is 58.7 cm³/mol. The summed E-state index contributed by atoms with van der Waals surface area (Å²) in [5, 5.41) is 6.39. The molecule has 0 saturated carbocycles. The molecule has 0 fully saturated rings. The summed E-state index contributed by atoms with van der Waals surface area (Å²) in [5.74, 6) is -0.232. The summed E-state index contributed by atoms with van der Waals surface area (Å²) >= 11 is 0. The van der Waals surface area contributed by atoms with Crippen LogP contribution in [0.3, 0.4) is 0 Å². The first kappa shape index (κ1) is 13.0. The van der Waals surface area contributed by atoms with E-state index in [9.17, 15) is 13.2 Å². The highest BCUT2D eigenvalue weighted by molar-refractivity contribution is 8.13. The summed E-state index contributed by atoms with van der Waals surface area (Å²) in [5.41, 5.74) is 0. The molecule has 0 aromatic carbocycles. The molecular weight excluding hydrogens is 254 g/mol. The van der Waals surface area contributed by atoms with Crippen LogP contribution in [0, 0.1) is 0 Å². The fourth-order valence-electron chi connectivity index (χ4n) is 1.10. The van der Waals surface area contributed by atoms with Crippen molar-refractivity contribution in [2.45, 2.75) is 24.8 Å². The Hall–Kier alpha value is -1.08. The minimum atomic E-state index is -3.80. The van der Waals surface area contributed by atoms with Gasteiger partial charge in [-0.25, -0.2) is 8.42 Å². The van der Waals surface area contributed by atoms with E-state index in [2.05, 4.69) is 10.4 Å². The van der Waals surface area contributed by atoms with E-state index in [1.807, 2.05) is 0 Å². The fraction of sp³-hybridized carbons (Fsp3) is 0.500.